The van der Waals surface area contributed by atoms with Crippen LogP contribution >= 0.6 is 10.8 Å². The standard InChI is InChI=1S/C9H7NO2S2/c11-9(12)14-6-8-7(3-5-13-14)2-1-4-10-8/h1-4,6H,5H2. The Bertz CT molecular complexity index is 472. The van der Waals surface area contributed by atoms with Gasteiger partial charge in [0.05, 0.1) is 5.75 Å². The van der Waals surface area contributed by atoms with Crippen LogP contribution in [0.1, 0.15) is 0 Å². The number of fused-ring (bicyclic) bond motifs is 1. The number of nitrogens with zero attached hydrogens (tertiary/aromatic N) is 1. The number of hydrogen-bond donors (Lipinski definition) is 0. The Morgan fingerprint density at radius 2 is 2.50 bits per heavy atom. The topological polar surface area (TPSA) is 53.0 Å². The van der Waals surface area contributed by atoms with Crippen LogP contribution in [0.3, 0.4) is 0 Å². The van der Waals surface area contributed by atoms with Gasteiger partial charge in [-0.15, -0.1) is 0 Å². The van der Waals surface area contributed by atoms with Gasteiger partial charge in [0, 0.05) is 11.4 Å². The molecule has 0 amide bonds. The van der Waals surface area contributed by atoms with E-state index in [0.717, 1.165) is 10.6 Å². The molecule has 1 aliphatic heterocycles. The summed E-state index contributed by atoms with van der Waals surface area (Å²) in [6.07, 6.45) is 3.65. The minimum atomic E-state index is -1.03. The van der Waals surface area contributed by atoms with Crippen molar-refractivity contribution in [3.63, 3.8) is 0 Å². The molecule has 1 aromatic heterocycles. The second-order valence-electron chi connectivity index (χ2n) is 2.63. The highest BCUT2D eigenvalue weighted by molar-refractivity contribution is 8.82. The first kappa shape index (κ1) is 9.61. The van der Waals surface area contributed by atoms with Crippen LogP contribution in [-0.4, -0.2) is 16.0 Å². The Morgan fingerprint density at radius 1 is 1.64 bits per heavy atom. The van der Waals surface area contributed by atoms with E-state index >= 15 is 0 Å². The van der Waals surface area contributed by atoms with Gasteiger partial charge in [0.15, 0.2) is 5.41 Å². The summed E-state index contributed by atoms with van der Waals surface area (Å²) in [7, 11) is 0.492. The maximum atomic E-state index is 10.7. The summed E-state index contributed by atoms with van der Waals surface area (Å²) in [5.41, 5.74) is 0. The second-order valence-corrected chi connectivity index (χ2v) is 6.15. The molecular formula is C9H7NO2S2. The Morgan fingerprint density at radius 3 is 3.29 bits per heavy atom. The number of carbonyl (C=O) groups excluding carboxylic acids is 1. The van der Waals surface area contributed by atoms with Gasteiger partial charge in [-0.2, -0.15) is 0 Å². The number of rotatable bonds is 0. The Hall–Kier alpha value is -0.940. The maximum Gasteiger partial charge on any atom is 0.292 e. The zero-order chi connectivity index (χ0) is 9.97. The number of aromatic nitrogens is 1. The van der Waals surface area contributed by atoms with Crippen molar-refractivity contribution in [1.82, 2.24) is 4.98 Å². The molecule has 0 aromatic carbocycles. The predicted octanol–water partition coefficient (Wildman–Crippen LogP) is -0.777. The van der Waals surface area contributed by atoms with Crippen molar-refractivity contribution in [3.8, 4) is 0 Å². The van der Waals surface area contributed by atoms with Crippen LogP contribution in [-0.2, 0) is 9.93 Å². The Labute approximate surface area is 87.3 Å². The third-order valence-corrected chi connectivity index (χ3v) is 4.94. The normalized spacial score (nSPS) is 19.9. The molecule has 0 spiro atoms. The average Bonchev–Trinajstić information content (AvgIpc) is 2.39. The summed E-state index contributed by atoms with van der Waals surface area (Å²) in [4.78, 5) is 14.9. The molecule has 1 unspecified atom stereocenters. The Balaban J connectivity index is 2.57. The van der Waals surface area contributed by atoms with Crippen molar-refractivity contribution in [2.24, 2.45) is 0 Å². The summed E-state index contributed by atoms with van der Waals surface area (Å²) >= 11 is 0. The van der Waals surface area contributed by atoms with Crippen molar-refractivity contribution < 1.29 is 9.90 Å². The lowest BCUT2D eigenvalue weighted by Crippen LogP contribution is -2.31. The predicted molar refractivity (Wildman–Crippen MR) is 57.6 cm³/mol. The quantitative estimate of drug-likeness (QED) is 0.429. The van der Waals surface area contributed by atoms with Gasteiger partial charge in [0.25, 0.3) is 5.30 Å². The van der Waals surface area contributed by atoms with Gasteiger partial charge >= 0.3 is 0 Å². The number of pyridine rings is 1. The molecule has 3 nitrogen and oxygen atoms in total. The molecule has 0 saturated heterocycles. The maximum absolute atomic E-state index is 10.7. The van der Waals surface area contributed by atoms with Crippen LogP contribution in [0.15, 0.2) is 18.3 Å². The van der Waals surface area contributed by atoms with E-state index in [9.17, 15) is 9.90 Å². The highest BCUT2D eigenvalue weighted by Gasteiger charge is 2.21. The summed E-state index contributed by atoms with van der Waals surface area (Å²) in [6, 6.07) is 3.78. The van der Waals surface area contributed by atoms with Gasteiger partial charge in [-0.1, -0.05) is 12.1 Å². The van der Waals surface area contributed by atoms with Crippen LogP contribution in [0.25, 0.3) is 11.5 Å². The zero-order valence-electron chi connectivity index (χ0n) is 7.17. The minimum Gasteiger partial charge on any atom is -0.503 e. The number of hydrogen-bond acceptors (Lipinski definition) is 4. The van der Waals surface area contributed by atoms with Crippen molar-refractivity contribution >= 4 is 37.5 Å². The summed E-state index contributed by atoms with van der Waals surface area (Å²) in [5.74, 6) is 0.687. The van der Waals surface area contributed by atoms with Gasteiger partial charge in [-0.3, -0.25) is 4.98 Å². The van der Waals surface area contributed by atoms with Gasteiger partial charge in [-0.25, -0.2) is 0 Å². The van der Waals surface area contributed by atoms with E-state index in [0.29, 0.717) is 5.75 Å². The Kier molecular flexibility index (Phi) is 2.79. The molecule has 2 heterocycles. The summed E-state index contributed by atoms with van der Waals surface area (Å²) in [5, 5.41) is 13.1. The van der Waals surface area contributed by atoms with Gasteiger partial charge in [0.1, 0.15) is 26.1 Å². The SMILES string of the molecule is O=C([O-])[S+]1C=c2ncccc2=CCS1. The fourth-order valence-electron chi connectivity index (χ4n) is 1.13. The van der Waals surface area contributed by atoms with Crippen molar-refractivity contribution in [3.05, 3.63) is 28.9 Å². The van der Waals surface area contributed by atoms with Crippen molar-refractivity contribution in [2.75, 3.05) is 5.75 Å². The van der Waals surface area contributed by atoms with Gasteiger partial charge in [-0.05, 0) is 6.07 Å². The average molecular weight is 225 g/mol. The van der Waals surface area contributed by atoms with Crippen LogP contribution in [0.4, 0.5) is 4.79 Å². The molecule has 72 valence electrons. The van der Waals surface area contributed by atoms with Crippen LogP contribution < -0.4 is 15.7 Å². The second kappa shape index (κ2) is 4.06. The lowest BCUT2D eigenvalue weighted by molar-refractivity contribution is -0.232. The number of carbonyl (C=O) groups is 1. The van der Waals surface area contributed by atoms with Crippen molar-refractivity contribution in [1.29, 1.82) is 0 Å². The molecule has 1 aromatic rings. The lowest BCUT2D eigenvalue weighted by Gasteiger charge is -1.95. The molecule has 14 heavy (non-hydrogen) atoms. The molecule has 0 bridgehead atoms. The molecule has 1 aliphatic rings. The van der Waals surface area contributed by atoms with Crippen LogP contribution in [0.5, 0.6) is 0 Å². The van der Waals surface area contributed by atoms with Gasteiger partial charge in [0.2, 0.25) is 0 Å². The summed E-state index contributed by atoms with van der Waals surface area (Å²) < 4.78 is 0. The summed E-state index contributed by atoms with van der Waals surface area (Å²) in [6.45, 7) is 0. The first-order chi connectivity index (χ1) is 6.77. The minimum absolute atomic E-state index is 0.687. The zero-order valence-corrected chi connectivity index (χ0v) is 8.81. The van der Waals surface area contributed by atoms with E-state index in [1.165, 1.54) is 10.8 Å². The highest BCUT2D eigenvalue weighted by atomic mass is 33.1. The van der Waals surface area contributed by atoms with E-state index in [1.807, 2.05) is 18.2 Å². The third kappa shape index (κ3) is 1.93. The molecule has 5 heteroatoms. The van der Waals surface area contributed by atoms with Crippen LogP contribution in [0, 0.1) is 0 Å². The first-order valence-electron chi connectivity index (χ1n) is 3.98. The van der Waals surface area contributed by atoms with Crippen LogP contribution in [0.2, 0.25) is 0 Å². The van der Waals surface area contributed by atoms with Crippen molar-refractivity contribution in [2.45, 2.75) is 0 Å². The highest BCUT2D eigenvalue weighted by Crippen LogP contribution is 2.18. The smallest absolute Gasteiger partial charge is 0.292 e. The van der Waals surface area contributed by atoms with E-state index in [4.69, 9.17) is 0 Å². The lowest BCUT2D eigenvalue weighted by atomic mass is 10.3. The fourth-order valence-corrected chi connectivity index (χ4v) is 3.59. The van der Waals surface area contributed by atoms with E-state index in [1.54, 1.807) is 11.6 Å². The van der Waals surface area contributed by atoms with E-state index < -0.39 is 15.2 Å². The van der Waals surface area contributed by atoms with Gasteiger partial charge < -0.3 is 9.90 Å². The largest absolute Gasteiger partial charge is 0.503 e. The van der Waals surface area contributed by atoms with E-state index in [-0.39, 0.29) is 0 Å². The third-order valence-electron chi connectivity index (χ3n) is 1.75. The molecule has 0 N–H and O–H groups in total. The molecule has 2 rings (SSSR count). The monoisotopic (exact) mass is 225 g/mol. The molecule has 1 atom stereocenters. The molecular weight excluding hydrogens is 218 g/mol. The fraction of sp³-hybridized carbons (Fsp3) is 0.111. The molecule has 0 fully saturated rings. The molecule has 0 aliphatic carbocycles. The molecule has 0 saturated carbocycles. The van der Waals surface area contributed by atoms with E-state index in [2.05, 4.69) is 4.98 Å². The first-order valence-corrected chi connectivity index (χ1v) is 6.77. The number of carboxylic acid groups (broad SMARTS) is 1. The molecule has 0 radical (unpaired) electrons.